The highest BCUT2D eigenvalue weighted by atomic mass is 16.5. The number of benzene rings is 1. The standard InChI is InChI=1S/C16H20O4/c1-4-19-16(18)8-6-14-9-13(10-17)5-7-15(14)20-11-12(2)3/h5-10,12H,4,11H2,1-3H3. The van der Waals surface area contributed by atoms with E-state index in [0.29, 0.717) is 36.0 Å². The van der Waals surface area contributed by atoms with Crippen molar-refractivity contribution in [2.75, 3.05) is 13.2 Å². The third kappa shape index (κ3) is 5.26. The van der Waals surface area contributed by atoms with Gasteiger partial charge < -0.3 is 9.47 Å². The zero-order valence-electron chi connectivity index (χ0n) is 12.1. The SMILES string of the molecule is CCOC(=O)C=Cc1cc(C=O)ccc1OCC(C)C. The Morgan fingerprint density at radius 2 is 2.10 bits per heavy atom. The Morgan fingerprint density at radius 3 is 2.70 bits per heavy atom. The molecule has 0 saturated carbocycles. The molecule has 0 heterocycles. The van der Waals surface area contributed by atoms with Crippen molar-refractivity contribution in [2.45, 2.75) is 20.8 Å². The van der Waals surface area contributed by atoms with Crippen molar-refractivity contribution in [1.29, 1.82) is 0 Å². The van der Waals surface area contributed by atoms with E-state index in [9.17, 15) is 9.59 Å². The molecule has 20 heavy (non-hydrogen) atoms. The lowest BCUT2D eigenvalue weighted by atomic mass is 10.1. The molecule has 0 fully saturated rings. The van der Waals surface area contributed by atoms with Crippen molar-refractivity contribution in [3.8, 4) is 5.75 Å². The summed E-state index contributed by atoms with van der Waals surface area (Å²) >= 11 is 0. The van der Waals surface area contributed by atoms with Crippen LogP contribution < -0.4 is 4.74 Å². The molecule has 0 spiro atoms. The molecule has 1 rings (SSSR count). The topological polar surface area (TPSA) is 52.6 Å². The van der Waals surface area contributed by atoms with Crippen molar-refractivity contribution in [3.63, 3.8) is 0 Å². The monoisotopic (exact) mass is 276 g/mol. The molecule has 0 saturated heterocycles. The van der Waals surface area contributed by atoms with Crippen LogP contribution >= 0.6 is 0 Å². The molecule has 0 N–H and O–H groups in total. The number of carbonyl (C=O) groups is 2. The largest absolute Gasteiger partial charge is 0.493 e. The summed E-state index contributed by atoms with van der Waals surface area (Å²) < 4.78 is 10.5. The molecule has 0 aliphatic heterocycles. The van der Waals surface area contributed by atoms with E-state index in [-0.39, 0.29) is 0 Å². The average Bonchev–Trinajstić information content (AvgIpc) is 2.43. The zero-order chi connectivity index (χ0) is 15.0. The maximum absolute atomic E-state index is 11.3. The summed E-state index contributed by atoms with van der Waals surface area (Å²) in [5.74, 6) is 0.617. The lowest BCUT2D eigenvalue weighted by Crippen LogP contribution is -2.05. The first kappa shape index (κ1) is 16.0. The van der Waals surface area contributed by atoms with Crippen LogP contribution in [0.3, 0.4) is 0 Å². The molecule has 0 amide bonds. The predicted molar refractivity (Wildman–Crippen MR) is 77.8 cm³/mol. The molecule has 0 atom stereocenters. The third-order valence-corrected chi connectivity index (χ3v) is 2.43. The van der Waals surface area contributed by atoms with Crippen molar-refractivity contribution in [3.05, 3.63) is 35.4 Å². The Morgan fingerprint density at radius 1 is 1.35 bits per heavy atom. The van der Waals surface area contributed by atoms with Crippen LogP contribution in [0, 0.1) is 5.92 Å². The Balaban J connectivity index is 2.93. The number of carbonyl (C=O) groups excluding carboxylic acids is 2. The second kappa shape index (κ2) is 8.15. The van der Waals surface area contributed by atoms with Gasteiger partial charge in [0.05, 0.1) is 13.2 Å². The Hall–Kier alpha value is -2.10. The summed E-state index contributed by atoms with van der Waals surface area (Å²) in [5, 5.41) is 0. The number of rotatable bonds is 7. The van der Waals surface area contributed by atoms with Gasteiger partial charge in [-0.05, 0) is 37.1 Å². The molecule has 108 valence electrons. The number of hydrogen-bond donors (Lipinski definition) is 0. The van der Waals surface area contributed by atoms with E-state index >= 15 is 0 Å². The molecule has 0 aliphatic rings. The van der Waals surface area contributed by atoms with E-state index < -0.39 is 5.97 Å². The van der Waals surface area contributed by atoms with E-state index in [1.165, 1.54) is 6.08 Å². The van der Waals surface area contributed by atoms with Crippen LogP contribution in [0.5, 0.6) is 5.75 Å². The second-order valence-electron chi connectivity index (χ2n) is 4.71. The maximum Gasteiger partial charge on any atom is 0.330 e. The normalized spacial score (nSPS) is 10.8. The minimum absolute atomic E-state index is 0.328. The van der Waals surface area contributed by atoms with Crippen LogP contribution in [0.25, 0.3) is 6.08 Å². The van der Waals surface area contributed by atoms with Gasteiger partial charge >= 0.3 is 5.97 Å². The fraction of sp³-hybridized carbons (Fsp3) is 0.375. The van der Waals surface area contributed by atoms with Gasteiger partial charge in [-0.3, -0.25) is 4.79 Å². The zero-order valence-corrected chi connectivity index (χ0v) is 12.1. The van der Waals surface area contributed by atoms with Gasteiger partial charge in [0.2, 0.25) is 0 Å². The fourth-order valence-corrected chi connectivity index (χ4v) is 1.51. The van der Waals surface area contributed by atoms with E-state index in [1.807, 2.05) is 13.8 Å². The molecule has 0 aromatic heterocycles. The highest BCUT2D eigenvalue weighted by Gasteiger charge is 2.05. The highest BCUT2D eigenvalue weighted by Crippen LogP contribution is 2.22. The number of hydrogen-bond acceptors (Lipinski definition) is 4. The van der Waals surface area contributed by atoms with E-state index in [0.717, 1.165) is 6.29 Å². The quantitative estimate of drug-likeness (QED) is 0.436. The first-order chi connectivity index (χ1) is 9.56. The maximum atomic E-state index is 11.3. The fourth-order valence-electron chi connectivity index (χ4n) is 1.51. The lowest BCUT2D eigenvalue weighted by Gasteiger charge is -2.11. The molecular weight excluding hydrogens is 256 g/mol. The minimum Gasteiger partial charge on any atom is -0.493 e. The van der Waals surface area contributed by atoms with Crippen LogP contribution in [0.2, 0.25) is 0 Å². The molecule has 0 unspecified atom stereocenters. The molecule has 1 aromatic carbocycles. The summed E-state index contributed by atoms with van der Waals surface area (Å²) in [6.45, 7) is 6.74. The predicted octanol–water partition coefficient (Wildman–Crippen LogP) is 3.11. The Bertz CT molecular complexity index is 489. The van der Waals surface area contributed by atoms with Crippen molar-refractivity contribution >= 4 is 18.3 Å². The first-order valence-electron chi connectivity index (χ1n) is 6.63. The average molecular weight is 276 g/mol. The molecule has 0 radical (unpaired) electrons. The first-order valence-corrected chi connectivity index (χ1v) is 6.63. The van der Waals surface area contributed by atoms with Gasteiger partial charge in [-0.2, -0.15) is 0 Å². The summed E-state index contributed by atoms with van der Waals surface area (Å²) in [4.78, 5) is 22.1. The van der Waals surface area contributed by atoms with E-state index in [1.54, 1.807) is 31.2 Å². The molecule has 0 bridgehead atoms. The lowest BCUT2D eigenvalue weighted by molar-refractivity contribution is -0.137. The van der Waals surface area contributed by atoms with E-state index in [4.69, 9.17) is 9.47 Å². The second-order valence-corrected chi connectivity index (χ2v) is 4.71. The van der Waals surface area contributed by atoms with Crippen molar-refractivity contribution in [2.24, 2.45) is 5.92 Å². The van der Waals surface area contributed by atoms with Crippen LogP contribution in [0.1, 0.15) is 36.7 Å². The van der Waals surface area contributed by atoms with E-state index in [2.05, 4.69) is 0 Å². The number of ether oxygens (including phenoxy) is 2. The molecule has 4 heteroatoms. The molecular formula is C16H20O4. The molecule has 1 aromatic rings. The van der Waals surface area contributed by atoms with Crippen LogP contribution in [-0.4, -0.2) is 25.5 Å². The molecule has 4 nitrogen and oxygen atoms in total. The van der Waals surface area contributed by atoms with Crippen LogP contribution in [0.4, 0.5) is 0 Å². The highest BCUT2D eigenvalue weighted by molar-refractivity contribution is 5.88. The number of aldehydes is 1. The van der Waals surface area contributed by atoms with Gasteiger partial charge in [0.1, 0.15) is 12.0 Å². The van der Waals surface area contributed by atoms with Gasteiger partial charge in [0.25, 0.3) is 0 Å². The minimum atomic E-state index is -0.418. The van der Waals surface area contributed by atoms with Gasteiger partial charge in [-0.1, -0.05) is 13.8 Å². The summed E-state index contributed by atoms with van der Waals surface area (Å²) in [5.41, 5.74) is 1.22. The van der Waals surface area contributed by atoms with Gasteiger partial charge in [-0.15, -0.1) is 0 Å². The third-order valence-electron chi connectivity index (χ3n) is 2.43. The number of esters is 1. The summed E-state index contributed by atoms with van der Waals surface area (Å²) in [6.07, 6.45) is 3.68. The van der Waals surface area contributed by atoms with Crippen molar-refractivity contribution < 1.29 is 19.1 Å². The Labute approximate surface area is 119 Å². The van der Waals surface area contributed by atoms with Crippen LogP contribution in [-0.2, 0) is 9.53 Å². The van der Waals surface area contributed by atoms with Gasteiger partial charge in [0.15, 0.2) is 0 Å². The smallest absolute Gasteiger partial charge is 0.330 e. The van der Waals surface area contributed by atoms with Crippen molar-refractivity contribution in [1.82, 2.24) is 0 Å². The Kier molecular flexibility index (Phi) is 6.50. The molecule has 0 aliphatic carbocycles. The van der Waals surface area contributed by atoms with Crippen LogP contribution in [0.15, 0.2) is 24.3 Å². The summed E-state index contributed by atoms with van der Waals surface area (Å²) in [7, 11) is 0. The van der Waals surface area contributed by atoms with Gasteiger partial charge in [-0.25, -0.2) is 4.79 Å². The van der Waals surface area contributed by atoms with Gasteiger partial charge in [0, 0.05) is 17.2 Å². The summed E-state index contributed by atoms with van der Waals surface area (Å²) in [6, 6.07) is 5.10.